The van der Waals surface area contributed by atoms with Crippen LogP contribution in [0.2, 0.25) is 0 Å². The molecule has 8 heteroatoms. The lowest BCUT2D eigenvalue weighted by Gasteiger charge is -2.18. The number of anilines is 1. The quantitative estimate of drug-likeness (QED) is 0.681. The predicted octanol–water partition coefficient (Wildman–Crippen LogP) is 2.02. The molecule has 0 saturated carbocycles. The van der Waals surface area contributed by atoms with E-state index in [2.05, 4.69) is 15.3 Å². The van der Waals surface area contributed by atoms with E-state index in [0.29, 0.717) is 24.5 Å². The Hall–Kier alpha value is -3.03. The van der Waals surface area contributed by atoms with E-state index in [4.69, 9.17) is 0 Å². The molecule has 3 rings (SSSR count). The minimum absolute atomic E-state index is 0.0263. The van der Waals surface area contributed by atoms with Gasteiger partial charge in [-0.3, -0.25) is 19.9 Å². The van der Waals surface area contributed by atoms with E-state index in [1.807, 2.05) is 6.92 Å². The third kappa shape index (κ3) is 3.32. The zero-order valence-corrected chi connectivity index (χ0v) is 13.2. The Kier molecular flexibility index (Phi) is 4.37. The maximum Gasteiger partial charge on any atom is 0.287 e. The summed E-state index contributed by atoms with van der Waals surface area (Å²) in [5, 5.41) is 13.8. The largest absolute Gasteiger partial charge is 0.365 e. The number of aryl methyl sites for hydroxylation is 1. The van der Waals surface area contributed by atoms with Gasteiger partial charge in [0, 0.05) is 37.1 Å². The minimum Gasteiger partial charge on any atom is -0.365 e. The van der Waals surface area contributed by atoms with Crippen molar-refractivity contribution < 1.29 is 9.72 Å². The minimum atomic E-state index is -0.483. The summed E-state index contributed by atoms with van der Waals surface area (Å²) in [4.78, 5) is 32.7. The van der Waals surface area contributed by atoms with Gasteiger partial charge in [-0.15, -0.1) is 0 Å². The molecule has 1 amide bonds. The summed E-state index contributed by atoms with van der Waals surface area (Å²) in [5.74, 6) is 0.541. The molecule has 8 nitrogen and oxygen atoms in total. The fourth-order valence-electron chi connectivity index (χ4n) is 2.73. The molecule has 1 aliphatic rings. The van der Waals surface area contributed by atoms with E-state index in [1.54, 1.807) is 29.3 Å². The second-order valence-electron chi connectivity index (χ2n) is 5.68. The number of nitrogens with zero attached hydrogens (tertiary/aromatic N) is 4. The van der Waals surface area contributed by atoms with Gasteiger partial charge in [0.2, 0.25) is 0 Å². The number of hydrogen-bond acceptors (Lipinski definition) is 6. The van der Waals surface area contributed by atoms with Gasteiger partial charge >= 0.3 is 0 Å². The Morgan fingerprint density at radius 1 is 1.38 bits per heavy atom. The Labute approximate surface area is 138 Å². The summed E-state index contributed by atoms with van der Waals surface area (Å²) in [7, 11) is 0. The topological polar surface area (TPSA) is 101 Å². The molecule has 0 aliphatic carbocycles. The first-order chi connectivity index (χ1) is 11.5. The molecule has 2 aromatic rings. The van der Waals surface area contributed by atoms with Gasteiger partial charge in [-0.25, -0.2) is 4.98 Å². The average Bonchev–Trinajstić information content (AvgIpc) is 3.04. The van der Waals surface area contributed by atoms with E-state index < -0.39 is 4.92 Å². The summed E-state index contributed by atoms with van der Waals surface area (Å²) in [6.45, 7) is 3.03. The molecular weight excluding hydrogens is 310 g/mol. The van der Waals surface area contributed by atoms with Crippen LogP contribution in [0.25, 0.3) is 0 Å². The number of nitro groups is 1. The van der Waals surface area contributed by atoms with E-state index in [0.717, 1.165) is 12.1 Å². The van der Waals surface area contributed by atoms with Crippen LogP contribution < -0.4 is 5.32 Å². The summed E-state index contributed by atoms with van der Waals surface area (Å²) in [6.07, 6.45) is 3.68. The predicted molar refractivity (Wildman–Crippen MR) is 87.8 cm³/mol. The molecule has 0 radical (unpaired) electrons. The van der Waals surface area contributed by atoms with E-state index >= 15 is 0 Å². The first kappa shape index (κ1) is 15.9. The van der Waals surface area contributed by atoms with E-state index in [-0.39, 0.29) is 17.6 Å². The standard InChI is InChI=1S/C16H17N5O3/c1-11-14(3-2-7-17-11)16(22)20-8-6-12(10-20)19-15-5-4-13(9-18-15)21(23)24/h2-5,7,9,12H,6,8,10H2,1H3,(H,18,19)/t12-/m0/s1. The highest BCUT2D eigenvalue weighted by atomic mass is 16.6. The molecule has 24 heavy (non-hydrogen) atoms. The van der Waals surface area contributed by atoms with Crippen molar-refractivity contribution in [3.05, 3.63) is 58.0 Å². The lowest BCUT2D eigenvalue weighted by Crippen LogP contribution is -2.32. The molecule has 124 valence electrons. The van der Waals surface area contributed by atoms with Crippen LogP contribution in [0, 0.1) is 17.0 Å². The SMILES string of the molecule is Cc1ncccc1C(=O)N1CC[C@H](Nc2ccc([N+](=O)[O-])cn2)C1. The molecule has 3 heterocycles. The molecule has 1 aliphatic heterocycles. The Bertz CT molecular complexity index is 763. The van der Waals surface area contributed by atoms with Crippen LogP contribution >= 0.6 is 0 Å². The first-order valence-electron chi connectivity index (χ1n) is 7.62. The highest BCUT2D eigenvalue weighted by Gasteiger charge is 2.28. The number of aromatic nitrogens is 2. The van der Waals surface area contributed by atoms with Crippen molar-refractivity contribution in [3.8, 4) is 0 Å². The van der Waals surface area contributed by atoms with Gasteiger partial charge in [-0.1, -0.05) is 0 Å². The Morgan fingerprint density at radius 2 is 2.21 bits per heavy atom. The third-order valence-corrected chi connectivity index (χ3v) is 4.02. The van der Waals surface area contributed by atoms with E-state index in [1.165, 1.54) is 12.3 Å². The van der Waals surface area contributed by atoms with Gasteiger partial charge in [-0.2, -0.15) is 0 Å². The number of nitrogens with one attached hydrogen (secondary N) is 1. The molecular formula is C16H17N5O3. The molecule has 1 saturated heterocycles. The Balaban J connectivity index is 1.62. The lowest BCUT2D eigenvalue weighted by molar-refractivity contribution is -0.385. The molecule has 0 bridgehead atoms. The summed E-state index contributed by atoms with van der Waals surface area (Å²) in [5.41, 5.74) is 1.29. The highest BCUT2D eigenvalue weighted by molar-refractivity contribution is 5.95. The lowest BCUT2D eigenvalue weighted by atomic mass is 10.2. The van der Waals surface area contributed by atoms with Crippen LogP contribution in [0.5, 0.6) is 0 Å². The van der Waals surface area contributed by atoms with E-state index in [9.17, 15) is 14.9 Å². The monoisotopic (exact) mass is 327 g/mol. The zero-order chi connectivity index (χ0) is 17.1. The number of rotatable bonds is 4. The van der Waals surface area contributed by atoms with Crippen molar-refractivity contribution in [1.82, 2.24) is 14.9 Å². The van der Waals surface area contributed by atoms with Gasteiger partial charge in [0.25, 0.3) is 11.6 Å². The average molecular weight is 327 g/mol. The van der Waals surface area contributed by atoms with Gasteiger partial charge in [0.15, 0.2) is 0 Å². The van der Waals surface area contributed by atoms with Crippen molar-refractivity contribution in [2.75, 3.05) is 18.4 Å². The molecule has 2 aromatic heterocycles. The van der Waals surface area contributed by atoms with Crippen molar-refractivity contribution in [2.24, 2.45) is 0 Å². The highest BCUT2D eigenvalue weighted by Crippen LogP contribution is 2.19. The Morgan fingerprint density at radius 3 is 2.88 bits per heavy atom. The van der Waals surface area contributed by atoms with Crippen LogP contribution in [0.15, 0.2) is 36.7 Å². The molecule has 1 atom stereocenters. The number of amides is 1. The van der Waals surface area contributed by atoms with Crippen LogP contribution in [0.4, 0.5) is 11.5 Å². The van der Waals surface area contributed by atoms with Gasteiger partial charge < -0.3 is 10.2 Å². The third-order valence-electron chi connectivity index (χ3n) is 4.02. The fraction of sp³-hybridized carbons (Fsp3) is 0.312. The summed E-state index contributed by atoms with van der Waals surface area (Å²) >= 11 is 0. The smallest absolute Gasteiger partial charge is 0.287 e. The van der Waals surface area contributed by atoms with Crippen LogP contribution in [0.1, 0.15) is 22.5 Å². The number of hydrogen-bond donors (Lipinski definition) is 1. The molecule has 0 unspecified atom stereocenters. The first-order valence-corrected chi connectivity index (χ1v) is 7.62. The maximum absolute atomic E-state index is 12.6. The molecule has 0 aromatic carbocycles. The molecule has 1 fully saturated rings. The molecule has 1 N–H and O–H groups in total. The van der Waals surface area contributed by atoms with Crippen molar-refractivity contribution in [1.29, 1.82) is 0 Å². The van der Waals surface area contributed by atoms with Crippen LogP contribution in [-0.4, -0.2) is 44.8 Å². The molecule has 0 spiro atoms. The van der Waals surface area contributed by atoms with Crippen LogP contribution in [-0.2, 0) is 0 Å². The van der Waals surface area contributed by atoms with Crippen molar-refractivity contribution in [2.45, 2.75) is 19.4 Å². The van der Waals surface area contributed by atoms with Crippen molar-refractivity contribution in [3.63, 3.8) is 0 Å². The maximum atomic E-state index is 12.6. The fourth-order valence-corrected chi connectivity index (χ4v) is 2.73. The summed E-state index contributed by atoms with van der Waals surface area (Å²) in [6, 6.07) is 6.59. The number of likely N-dealkylation sites (tertiary alicyclic amines) is 1. The number of pyridine rings is 2. The second kappa shape index (κ2) is 6.61. The number of carbonyl (C=O) groups is 1. The van der Waals surface area contributed by atoms with Gasteiger partial charge in [-0.05, 0) is 31.5 Å². The van der Waals surface area contributed by atoms with Crippen molar-refractivity contribution >= 4 is 17.4 Å². The van der Waals surface area contributed by atoms with Gasteiger partial charge in [0.1, 0.15) is 12.0 Å². The summed E-state index contributed by atoms with van der Waals surface area (Å²) < 4.78 is 0. The normalized spacial score (nSPS) is 16.9. The van der Waals surface area contributed by atoms with Crippen LogP contribution in [0.3, 0.4) is 0 Å². The second-order valence-corrected chi connectivity index (χ2v) is 5.68. The van der Waals surface area contributed by atoms with Gasteiger partial charge in [0.05, 0.1) is 10.5 Å². The zero-order valence-electron chi connectivity index (χ0n) is 13.2. The number of carbonyl (C=O) groups excluding carboxylic acids is 1.